The highest BCUT2D eigenvalue weighted by atomic mass is 79.9. The number of nitriles is 1. The Morgan fingerprint density at radius 2 is 2.14 bits per heavy atom. The Morgan fingerprint density at radius 1 is 1.48 bits per heavy atom. The minimum atomic E-state index is -0.823. The first-order chi connectivity index (χ1) is 9.88. The van der Waals surface area contributed by atoms with Crippen molar-refractivity contribution in [1.29, 1.82) is 5.26 Å². The summed E-state index contributed by atoms with van der Waals surface area (Å²) in [5.74, 6) is -0.764. The van der Waals surface area contributed by atoms with Gasteiger partial charge in [-0.15, -0.1) is 0 Å². The largest absolute Gasteiger partial charge is 0.490 e. The zero-order chi connectivity index (χ0) is 16.0. The van der Waals surface area contributed by atoms with Crippen molar-refractivity contribution in [1.82, 2.24) is 0 Å². The van der Waals surface area contributed by atoms with Crippen LogP contribution in [0.3, 0.4) is 0 Å². The molecule has 0 unspecified atom stereocenters. The van der Waals surface area contributed by atoms with Crippen LogP contribution in [-0.4, -0.2) is 18.5 Å². The van der Waals surface area contributed by atoms with Crippen molar-refractivity contribution in [2.24, 2.45) is 5.73 Å². The highest BCUT2D eigenvalue weighted by molar-refractivity contribution is 9.10. The summed E-state index contributed by atoms with van der Waals surface area (Å²) in [6.45, 7) is 3.41. The van der Waals surface area contributed by atoms with Gasteiger partial charge < -0.3 is 15.2 Å². The van der Waals surface area contributed by atoms with Crippen LogP contribution < -0.4 is 15.2 Å². The van der Waals surface area contributed by atoms with Gasteiger partial charge in [0.25, 0.3) is 5.91 Å². The van der Waals surface area contributed by atoms with E-state index in [4.69, 9.17) is 20.5 Å². The molecule has 0 saturated carbocycles. The molecule has 7 heteroatoms. The lowest BCUT2D eigenvalue weighted by molar-refractivity contribution is -0.132. The van der Waals surface area contributed by atoms with Crippen molar-refractivity contribution < 1.29 is 19.1 Å². The predicted octanol–water partition coefficient (Wildman–Crippen LogP) is 2.17. The second kappa shape index (κ2) is 7.45. The first-order valence-corrected chi connectivity index (χ1v) is 6.74. The maximum Gasteiger partial charge on any atom is 0.308 e. The molecule has 0 bridgehead atoms. The van der Waals surface area contributed by atoms with Gasteiger partial charge in [-0.1, -0.05) is 0 Å². The lowest BCUT2D eigenvalue weighted by Gasteiger charge is -2.12. The van der Waals surface area contributed by atoms with Crippen molar-refractivity contribution in [2.75, 3.05) is 6.61 Å². The summed E-state index contributed by atoms with van der Waals surface area (Å²) in [6, 6.07) is 4.85. The monoisotopic (exact) mass is 352 g/mol. The zero-order valence-electron chi connectivity index (χ0n) is 11.5. The third-order valence-electron chi connectivity index (χ3n) is 2.27. The van der Waals surface area contributed by atoms with Gasteiger partial charge in [-0.2, -0.15) is 5.26 Å². The lowest BCUT2D eigenvalue weighted by Crippen LogP contribution is -2.12. The highest BCUT2D eigenvalue weighted by Crippen LogP contribution is 2.37. The SMILES string of the molecule is CCOc1cc(/C=C(\C#N)C(N)=O)cc(Br)c1OC(C)=O. The normalized spacial score (nSPS) is 10.7. The Kier molecular flexibility index (Phi) is 5.93. The van der Waals surface area contributed by atoms with E-state index in [1.807, 2.05) is 0 Å². The number of hydrogen-bond acceptors (Lipinski definition) is 5. The number of carbonyl (C=O) groups is 2. The number of ether oxygens (including phenoxy) is 2. The Hall–Kier alpha value is -2.33. The van der Waals surface area contributed by atoms with Crippen LogP contribution in [0.2, 0.25) is 0 Å². The number of benzene rings is 1. The number of primary amides is 1. The fourth-order valence-corrected chi connectivity index (χ4v) is 2.04. The summed E-state index contributed by atoms with van der Waals surface area (Å²) < 4.78 is 10.9. The first kappa shape index (κ1) is 16.7. The molecule has 1 rings (SSSR count). The highest BCUT2D eigenvalue weighted by Gasteiger charge is 2.14. The molecule has 0 radical (unpaired) electrons. The molecule has 21 heavy (non-hydrogen) atoms. The van der Waals surface area contributed by atoms with Crippen LogP contribution in [0.1, 0.15) is 19.4 Å². The average Bonchev–Trinajstić information content (AvgIpc) is 2.39. The maximum absolute atomic E-state index is 11.1. The van der Waals surface area contributed by atoms with E-state index in [9.17, 15) is 9.59 Å². The summed E-state index contributed by atoms with van der Waals surface area (Å²) in [5.41, 5.74) is 5.40. The summed E-state index contributed by atoms with van der Waals surface area (Å²) in [6.07, 6.45) is 1.33. The minimum absolute atomic E-state index is 0.190. The molecule has 0 atom stereocenters. The quantitative estimate of drug-likeness (QED) is 0.378. The fourth-order valence-electron chi connectivity index (χ4n) is 1.50. The minimum Gasteiger partial charge on any atom is -0.490 e. The molecule has 1 aromatic carbocycles. The molecule has 0 aliphatic carbocycles. The van der Waals surface area contributed by atoms with Gasteiger partial charge in [0.2, 0.25) is 0 Å². The maximum atomic E-state index is 11.1. The van der Waals surface area contributed by atoms with Crippen molar-refractivity contribution >= 4 is 33.9 Å². The molecule has 0 saturated heterocycles. The molecule has 0 spiro atoms. The van der Waals surface area contributed by atoms with Gasteiger partial charge >= 0.3 is 5.97 Å². The Labute approximate surface area is 130 Å². The van der Waals surface area contributed by atoms with Crippen molar-refractivity contribution in [3.63, 3.8) is 0 Å². The van der Waals surface area contributed by atoms with Crippen LogP contribution in [0.5, 0.6) is 11.5 Å². The smallest absolute Gasteiger partial charge is 0.308 e. The van der Waals surface area contributed by atoms with Gasteiger partial charge in [-0.25, -0.2) is 0 Å². The molecular formula is C14H13BrN2O4. The van der Waals surface area contributed by atoms with Gasteiger partial charge in [-0.05, 0) is 46.6 Å². The molecule has 0 aromatic heterocycles. The van der Waals surface area contributed by atoms with Gasteiger partial charge in [0.15, 0.2) is 11.5 Å². The molecule has 0 aliphatic rings. The van der Waals surface area contributed by atoms with E-state index in [1.54, 1.807) is 25.1 Å². The fraction of sp³-hybridized carbons (Fsp3) is 0.214. The van der Waals surface area contributed by atoms with Gasteiger partial charge in [0, 0.05) is 6.92 Å². The van der Waals surface area contributed by atoms with Crippen molar-refractivity contribution in [2.45, 2.75) is 13.8 Å². The molecule has 1 amide bonds. The molecule has 110 valence electrons. The van der Waals surface area contributed by atoms with Crippen LogP contribution >= 0.6 is 15.9 Å². The molecule has 2 N–H and O–H groups in total. The van der Waals surface area contributed by atoms with E-state index in [2.05, 4.69) is 15.9 Å². The molecule has 1 aromatic rings. The number of esters is 1. The van der Waals surface area contributed by atoms with Crippen LogP contribution in [-0.2, 0) is 9.59 Å². The van der Waals surface area contributed by atoms with E-state index < -0.39 is 11.9 Å². The summed E-state index contributed by atoms with van der Waals surface area (Å²) in [7, 11) is 0. The summed E-state index contributed by atoms with van der Waals surface area (Å²) in [5, 5.41) is 8.84. The van der Waals surface area contributed by atoms with Crippen LogP contribution in [0.15, 0.2) is 22.2 Å². The third-order valence-corrected chi connectivity index (χ3v) is 2.86. The number of halogens is 1. The molecule has 0 aliphatic heterocycles. The van der Waals surface area contributed by atoms with E-state index in [0.717, 1.165) is 0 Å². The lowest BCUT2D eigenvalue weighted by atomic mass is 10.1. The topological polar surface area (TPSA) is 102 Å². The number of hydrogen-bond donors (Lipinski definition) is 1. The van der Waals surface area contributed by atoms with Gasteiger partial charge in [0.05, 0.1) is 11.1 Å². The van der Waals surface area contributed by atoms with Gasteiger partial charge in [-0.3, -0.25) is 9.59 Å². The van der Waals surface area contributed by atoms with Crippen molar-refractivity contribution in [3.8, 4) is 17.6 Å². The Bertz CT molecular complexity index is 647. The first-order valence-electron chi connectivity index (χ1n) is 5.95. The van der Waals surface area contributed by atoms with Crippen LogP contribution in [0.25, 0.3) is 6.08 Å². The van der Waals surface area contributed by atoms with E-state index in [1.165, 1.54) is 13.0 Å². The average molecular weight is 353 g/mol. The summed E-state index contributed by atoms with van der Waals surface area (Å²) >= 11 is 3.26. The second-order valence-electron chi connectivity index (χ2n) is 3.89. The number of nitrogens with zero attached hydrogens (tertiary/aromatic N) is 1. The van der Waals surface area contributed by atoms with Crippen LogP contribution in [0.4, 0.5) is 0 Å². The molecule has 6 nitrogen and oxygen atoms in total. The third kappa shape index (κ3) is 4.61. The van der Waals surface area contributed by atoms with Crippen molar-refractivity contribution in [3.05, 3.63) is 27.7 Å². The number of amides is 1. The predicted molar refractivity (Wildman–Crippen MR) is 79.4 cm³/mol. The van der Waals surface area contributed by atoms with E-state index in [0.29, 0.717) is 22.4 Å². The Morgan fingerprint density at radius 3 is 2.62 bits per heavy atom. The van der Waals surface area contributed by atoms with Gasteiger partial charge in [0.1, 0.15) is 11.6 Å². The molecule has 0 heterocycles. The number of rotatable bonds is 5. The molecular weight excluding hydrogens is 340 g/mol. The number of carbonyl (C=O) groups excluding carboxylic acids is 2. The zero-order valence-corrected chi connectivity index (χ0v) is 13.1. The summed E-state index contributed by atoms with van der Waals surface area (Å²) in [4.78, 5) is 22.2. The van der Waals surface area contributed by atoms with Crippen LogP contribution in [0, 0.1) is 11.3 Å². The standard InChI is InChI=1S/C14H13BrN2O4/c1-3-20-12-6-9(4-10(7-16)14(17)19)5-11(15)13(12)21-8(2)18/h4-6H,3H2,1-2H3,(H2,17,19)/b10-4+. The molecule has 0 fully saturated rings. The Balaban J connectivity index is 3.36. The van der Waals surface area contributed by atoms with E-state index >= 15 is 0 Å². The number of nitrogens with two attached hydrogens (primary N) is 1. The second-order valence-corrected chi connectivity index (χ2v) is 4.75. The van der Waals surface area contributed by atoms with E-state index in [-0.39, 0.29) is 11.3 Å².